The van der Waals surface area contributed by atoms with Crippen molar-refractivity contribution in [2.75, 3.05) is 49.9 Å². The van der Waals surface area contributed by atoms with Gasteiger partial charge in [0.15, 0.2) is 11.3 Å². The summed E-state index contributed by atoms with van der Waals surface area (Å²) in [4.78, 5) is 56.8. The van der Waals surface area contributed by atoms with Crippen LogP contribution in [0, 0.1) is 25.7 Å². The number of anilines is 2. The van der Waals surface area contributed by atoms with E-state index in [4.69, 9.17) is 53.9 Å². The van der Waals surface area contributed by atoms with Gasteiger partial charge in [-0.2, -0.15) is 19.9 Å². The van der Waals surface area contributed by atoms with Gasteiger partial charge in [0.25, 0.3) is 20.0 Å². The van der Waals surface area contributed by atoms with Gasteiger partial charge in [-0.1, -0.05) is 79.4 Å². The number of aryl methyl sites for hydroxylation is 2. The van der Waals surface area contributed by atoms with Gasteiger partial charge in [0.2, 0.25) is 10.6 Å². The molecule has 0 radical (unpaired) electrons. The van der Waals surface area contributed by atoms with Crippen molar-refractivity contribution in [1.29, 1.82) is 0 Å². The Morgan fingerprint density at radius 3 is 1.43 bits per heavy atom. The highest BCUT2D eigenvalue weighted by molar-refractivity contribution is 7.90. The van der Waals surface area contributed by atoms with Gasteiger partial charge in [0.1, 0.15) is 28.4 Å². The van der Waals surface area contributed by atoms with Crippen LogP contribution in [0.15, 0.2) is 113 Å². The van der Waals surface area contributed by atoms with Crippen molar-refractivity contribution in [3.05, 3.63) is 131 Å². The van der Waals surface area contributed by atoms with Gasteiger partial charge in [-0.25, -0.2) is 39.2 Å². The predicted molar refractivity (Wildman–Crippen MR) is 338 cm³/mol. The fraction of sp³-hybridized carbons (Fsp3) is 0.468. The van der Waals surface area contributed by atoms with Gasteiger partial charge in [-0.15, -0.1) is 0 Å². The van der Waals surface area contributed by atoms with Crippen molar-refractivity contribution in [3.8, 4) is 0 Å². The average Bonchev–Trinajstić information content (AvgIpc) is 1.70. The number of nitrogens with zero attached hydrogens (tertiary/aromatic N) is 10. The minimum Gasteiger partial charge on any atom is -0.444 e. The van der Waals surface area contributed by atoms with E-state index < -0.39 is 112 Å². The molecule has 2 saturated heterocycles. The van der Waals surface area contributed by atoms with Crippen LogP contribution in [0.5, 0.6) is 0 Å². The maximum Gasteiger partial charge on any atom is 0.519 e. The maximum absolute atomic E-state index is 13.6. The monoisotopic (exact) mass is 1290 g/mol. The number of likely N-dealkylation sites (N-methyl/N-ethyl adjacent to an activating group) is 2. The number of hydrogen-bond acceptors (Lipinski definition) is 18. The van der Waals surface area contributed by atoms with Crippen molar-refractivity contribution in [2.24, 2.45) is 11.8 Å². The van der Waals surface area contributed by atoms with Gasteiger partial charge >= 0.3 is 18.4 Å². The molecule has 7 aromatic rings. The summed E-state index contributed by atoms with van der Waals surface area (Å²) >= 11 is 12.5. The van der Waals surface area contributed by atoms with E-state index in [-0.39, 0.29) is 81.3 Å². The number of fused-ring (bicyclic) bond motifs is 2. The number of rotatable bonds is 10. The molecule has 21 nitrogen and oxygen atoms in total. The number of benzene rings is 3. The van der Waals surface area contributed by atoms with Gasteiger partial charge < -0.3 is 33.6 Å². The number of likely N-dealkylation sites (tertiary alicyclic amines) is 2. The number of halogens is 2. The van der Waals surface area contributed by atoms with Crippen LogP contribution < -0.4 is 9.80 Å². The maximum atomic E-state index is 13.6. The molecule has 6 heterocycles. The summed E-state index contributed by atoms with van der Waals surface area (Å²) in [5.41, 5.74) is 0.212. The molecule has 470 valence electrons. The van der Waals surface area contributed by atoms with Crippen LogP contribution in [0.3, 0.4) is 0 Å². The first-order valence-corrected chi connectivity index (χ1v) is 31.2. The lowest BCUT2D eigenvalue weighted by atomic mass is 9.92. The lowest BCUT2D eigenvalue weighted by Crippen LogP contribution is -2.53. The largest absolute Gasteiger partial charge is 0.519 e. The zero-order valence-corrected chi connectivity index (χ0v) is 53.3. The molecule has 2 fully saturated rings. The fourth-order valence-corrected chi connectivity index (χ4v) is 12.1. The molecule has 4 unspecified atom stereocenters. The smallest absolute Gasteiger partial charge is 0.444 e. The number of carbonyl (C=O) groups excluding carboxylic acids is 3. The number of ether oxygens (including phenoxy) is 4. The SMILES string of the molecule is CC(C)(C)OC(=O)OC(=O)OC(C)(C)C.[2H]C([2H])([2H])C1CCN(C(=O)OC(C)(C)C)CC1N(c1nc(Cl)nc2c1ccn2S(=O)(=O)c1ccc(C)cc1)C([2H])([2H])[2H].[2H]C([2H])([2H])C1CCN(Cc2ccccc2)CC1N(c1nc(Cl)nc2c1ccn2S(=O)(=O)c1ccc(C)cc1)C([2H])([2H])[2H]. The standard InChI is InChI=1S/C27H30ClN5O2S.C25H32ClN5O4S.C10H18O5/c1-19-9-11-22(12-10-19)36(34,35)33-16-14-23-25(29-27(28)30-26(23)33)31(3)24-18-32(15-13-20(24)2)17-21-7-5-4-6-8-21;1-16-7-9-18(10-8-16)36(33,34)31-14-12-19-21(27-23(26)28-22(19)31)29(6)20-15-30(13-11-17(20)2)24(32)35-25(3,4)5;1-9(2,3)14-7(11)13-8(12)15-10(4,5)6/h4-12,14,16,20,24H,13,15,17-18H2,1-3H3;7-10,12,14,17,20H,11,13,15H2,1-6H3;1-6H3/i2D3,3D3;2D3,6D3;. The second-order valence-corrected chi connectivity index (χ2v) is 28.1. The summed E-state index contributed by atoms with van der Waals surface area (Å²) < 4.78 is 175. The van der Waals surface area contributed by atoms with E-state index in [1.807, 2.05) is 49.1 Å². The second kappa shape index (κ2) is 27.1. The van der Waals surface area contributed by atoms with Gasteiger partial charge in [0, 0.05) is 75.0 Å². The summed E-state index contributed by atoms with van der Waals surface area (Å²) in [7, 11) is -8.31. The Morgan fingerprint density at radius 2 is 1.01 bits per heavy atom. The molecule has 9 rings (SSSR count). The van der Waals surface area contributed by atoms with E-state index in [2.05, 4.69) is 24.7 Å². The molecule has 0 N–H and O–H groups in total. The molecule has 0 saturated carbocycles. The molecule has 4 aromatic heterocycles. The zero-order valence-electron chi connectivity index (χ0n) is 62.1. The molecule has 87 heavy (non-hydrogen) atoms. The van der Waals surface area contributed by atoms with E-state index in [0.29, 0.717) is 13.1 Å². The second-order valence-electron chi connectivity index (χ2n) is 23.8. The summed E-state index contributed by atoms with van der Waals surface area (Å²) in [5, 5.41) is -0.676. The molecule has 3 aromatic carbocycles. The van der Waals surface area contributed by atoms with E-state index >= 15 is 0 Å². The van der Waals surface area contributed by atoms with Crippen molar-refractivity contribution in [2.45, 2.75) is 148 Å². The third-order valence-corrected chi connectivity index (χ3v) is 17.0. The normalized spacial score (nSPS) is 20.4. The van der Waals surface area contributed by atoms with Gasteiger partial charge in [0.05, 0.1) is 26.6 Å². The Labute approximate surface area is 537 Å². The van der Waals surface area contributed by atoms with Crippen molar-refractivity contribution in [1.82, 2.24) is 37.7 Å². The zero-order chi connectivity index (χ0) is 74.1. The number of aromatic nitrogens is 6. The van der Waals surface area contributed by atoms with E-state index in [9.17, 15) is 31.2 Å². The average molecular weight is 1290 g/mol. The molecule has 2 aliphatic heterocycles. The van der Waals surface area contributed by atoms with Crippen LogP contribution in [0.4, 0.5) is 26.0 Å². The number of piperidine rings is 2. The molecular formula is C62H80Cl2N10O11S2. The first-order chi connectivity index (χ1) is 45.4. The Hall–Kier alpha value is -7.05. The van der Waals surface area contributed by atoms with Crippen molar-refractivity contribution in [3.63, 3.8) is 0 Å². The number of hydrogen-bond donors (Lipinski definition) is 0. The quantitative estimate of drug-likeness (QED) is 0.0536. The Morgan fingerprint density at radius 1 is 0.586 bits per heavy atom. The summed E-state index contributed by atoms with van der Waals surface area (Å²) in [6.45, 7) is 8.68. The van der Waals surface area contributed by atoms with E-state index in [0.717, 1.165) is 34.4 Å². The lowest BCUT2D eigenvalue weighted by molar-refractivity contribution is -0.0294. The minimum absolute atomic E-state index is 0.0147. The van der Waals surface area contributed by atoms with Crippen LogP contribution in [0.25, 0.3) is 22.1 Å². The minimum atomic E-state index is -4.18. The molecular weight excluding hydrogens is 1200 g/mol. The van der Waals surface area contributed by atoms with E-state index in [1.165, 1.54) is 53.7 Å². The molecule has 4 atom stereocenters. The number of carbonyl (C=O) groups is 3. The highest BCUT2D eigenvalue weighted by atomic mass is 35.5. The molecule has 25 heteroatoms. The van der Waals surface area contributed by atoms with Gasteiger partial charge in [-0.3, -0.25) is 4.90 Å². The summed E-state index contributed by atoms with van der Waals surface area (Å²) in [6.07, 6.45) is -0.170. The molecule has 0 aliphatic carbocycles. The van der Waals surface area contributed by atoms with Gasteiger partial charge in [-0.05, 0) is 173 Å². The lowest BCUT2D eigenvalue weighted by Gasteiger charge is -2.42. The highest BCUT2D eigenvalue weighted by Gasteiger charge is 2.37. The van der Waals surface area contributed by atoms with Crippen LogP contribution in [0.2, 0.25) is 10.6 Å². The molecule has 2 aliphatic rings. The fourth-order valence-electron chi connectivity index (χ4n) is 9.16. The third kappa shape index (κ3) is 17.4. The summed E-state index contributed by atoms with van der Waals surface area (Å²) in [6, 6.07) is 22.5. The first-order valence-electron chi connectivity index (χ1n) is 33.6. The predicted octanol–water partition coefficient (Wildman–Crippen LogP) is 12.6. The number of amides is 1. The Balaban J connectivity index is 0.000000231. The van der Waals surface area contributed by atoms with Crippen molar-refractivity contribution < 1.29 is 66.6 Å². The Kier molecular flexibility index (Phi) is 16.2. The third-order valence-electron chi connectivity index (χ3n) is 13.3. The first kappa shape index (κ1) is 51.9. The van der Waals surface area contributed by atoms with Crippen LogP contribution in [-0.4, -0.2) is 142 Å². The van der Waals surface area contributed by atoms with Crippen LogP contribution in [0.1, 0.15) is 122 Å². The van der Waals surface area contributed by atoms with Crippen LogP contribution >= 0.6 is 23.2 Å². The highest BCUT2D eigenvalue weighted by Crippen LogP contribution is 2.35. The molecule has 0 bridgehead atoms. The van der Waals surface area contributed by atoms with E-state index in [1.54, 1.807) is 86.6 Å². The molecule has 1 amide bonds. The summed E-state index contributed by atoms with van der Waals surface area (Å²) in [5.74, 6) is -2.61. The van der Waals surface area contributed by atoms with Crippen molar-refractivity contribution >= 4 is 95.4 Å². The van der Waals surface area contributed by atoms with Crippen LogP contribution in [-0.2, 0) is 45.5 Å². The topological polar surface area (TPSA) is 231 Å². The molecule has 0 spiro atoms. The Bertz CT molecular complexity index is 4230.